The van der Waals surface area contributed by atoms with Crippen molar-refractivity contribution < 1.29 is 13.3 Å². The third kappa shape index (κ3) is 7.89. The van der Waals surface area contributed by atoms with E-state index in [4.69, 9.17) is 19.0 Å². The Hall–Kier alpha value is 0.0569. The molecule has 0 aliphatic rings. The first-order chi connectivity index (χ1) is 8.24. The Balaban J connectivity index is 4.39. The lowest BCUT2D eigenvalue weighted by Crippen LogP contribution is -2.46. The van der Waals surface area contributed by atoms with Gasteiger partial charge in [-0.25, -0.2) is 0 Å². The van der Waals surface area contributed by atoms with Crippen LogP contribution in [0.2, 0.25) is 6.04 Å². The molecule has 0 fully saturated rings. The van der Waals surface area contributed by atoms with Crippen LogP contribution >= 0.6 is 0 Å². The Kier molecular flexibility index (Phi) is 11.2. The molecule has 104 valence electrons. The standard InChI is InChI=1S/C12H29NO3Si/c1-4-9-14-17(12-7-8-13,15-10-5-2)16-11-6-3/h4-13H2,1-3H3. The first-order valence-electron chi connectivity index (χ1n) is 6.86. The van der Waals surface area contributed by atoms with Crippen LogP contribution in [0, 0.1) is 0 Å². The van der Waals surface area contributed by atoms with Crippen LogP contribution in [0.4, 0.5) is 0 Å². The average Bonchev–Trinajstić information content (AvgIpc) is 2.37. The van der Waals surface area contributed by atoms with E-state index in [0.29, 0.717) is 26.4 Å². The number of hydrogen-bond acceptors (Lipinski definition) is 4. The second-order valence-corrected chi connectivity index (χ2v) is 6.85. The van der Waals surface area contributed by atoms with Gasteiger partial charge in [0, 0.05) is 25.9 Å². The predicted molar refractivity (Wildman–Crippen MR) is 73.0 cm³/mol. The number of nitrogens with two attached hydrogens (primary N) is 1. The lowest BCUT2D eigenvalue weighted by molar-refractivity contribution is 0.0589. The molecular weight excluding hydrogens is 234 g/mol. The minimum absolute atomic E-state index is 0.662. The van der Waals surface area contributed by atoms with Crippen LogP contribution in [0.15, 0.2) is 0 Å². The summed E-state index contributed by atoms with van der Waals surface area (Å²) in [6.07, 6.45) is 3.87. The molecule has 0 aromatic heterocycles. The zero-order valence-electron chi connectivity index (χ0n) is 11.7. The maximum Gasteiger partial charge on any atom is 0.501 e. The fraction of sp³-hybridized carbons (Fsp3) is 1.00. The third-order valence-corrected chi connectivity index (χ3v) is 5.16. The van der Waals surface area contributed by atoms with Gasteiger partial charge in [-0.1, -0.05) is 20.8 Å². The molecule has 17 heavy (non-hydrogen) atoms. The maximum atomic E-state index is 5.92. The quantitative estimate of drug-likeness (QED) is 0.550. The van der Waals surface area contributed by atoms with Gasteiger partial charge in [0.1, 0.15) is 0 Å². The largest absolute Gasteiger partial charge is 0.501 e. The third-order valence-electron chi connectivity index (χ3n) is 2.27. The molecule has 4 nitrogen and oxygen atoms in total. The van der Waals surface area contributed by atoms with Crippen molar-refractivity contribution in [1.29, 1.82) is 0 Å². The molecule has 0 aliphatic heterocycles. The highest BCUT2D eigenvalue weighted by atomic mass is 28.4. The van der Waals surface area contributed by atoms with Gasteiger partial charge in [-0.3, -0.25) is 0 Å². The van der Waals surface area contributed by atoms with Crippen LogP contribution in [0.1, 0.15) is 46.5 Å². The van der Waals surface area contributed by atoms with Crippen molar-refractivity contribution in [1.82, 2.24) is 0 Å². The van der Waals surface area contributed by atoms with Crippen molar-refractivity contribution in [2.75, 3.05) is 26.4 Å². The predicted octanol–water partition coefficient (Wildman–Crippen LogP) is 2.55. The van der Waals surface area contributed by atoms with Crippen molar-refractivity contribution in [3.05, 3.63) is 0 Å². The SMILES string of the molecule is CCCO[Si](CCCN)(OCCC)OCCC. The molecule has 0 aliphatic carbocycles. The second kappa shape index (κ2) is 11.2. The molecule has 0 spiro atoms. The van der Waals surface area contributed by atoms with Crippen LogP contribution in [0.25, 0.3) is 0 Å². The van der Waals surface area contributed by atoms with Gasteiger partial charge < -0.3 is 19.0 Å². The molecule has 0 rings (SSSR count). The molecule has 2 N–H and O–H groups in total. The summed E-state index contributed by atoms with van der Waals surface area (Å²) >= 11 is 0. The lowest BCUT2D eigenvalue weighted by atomic mass is 10.5. The second-order valence-electron chi connectivity index (χ2n) is 4.12. The molecule has 0 unspecified atom stereocenters. The molecular formula is C12H29NO3Si. The summed E-state index contributed by atoms with van der Waals surface area (Å²) < 4.78 is 17.8. The van der Waals surface area contributed by atoms with Gasteiger partial charge in [0.2, 0.25) is 0 Å². The van der Waals surface area contributed by atoms with Crippen molar-refractivity contribution in [3.8, 4) is 0 Å². The Morgan fingerprint density at radius 2 is 1.24 bits per heavy atom. The summed E-state index contributed by atoms with van der Waals surface area (Å²) in [6.45, 7) is 9.10. The normalized spacial score (nSPS) is 12.0. The zero-order chi connectivity index (χ0) is 13.0. The lowest BCUT2D eigenvalue weighted by Gasteiger charge is -2.29. The van der Waals surface area contributed by atoms with E-state index in [1.165, 1.54) is 0 Å². The Bertz CT molecular complexity index is 132. The molecule has 0 bridgehead atoms. The van der Waals surface area contributed by atoms with Crippen molar-refractivity contribution in [2.24, 2.45) is 5.73 Å². The molecule has 5 heteroatoms. The van der Waals surface area contributed by atoms with Crippen LogP contribution < -0.4 is 5.73 Å². The van der Waals surface area contributed by atoms with Gasteiger partial charge in [-0.2, -0.15) is 0 Å². The van der Waals surface area contributed by atoms with Gasteiger partial charge in [0.15, 0.2) is 0 Å². The smallest absolute Gasteiger partial charge is 0.373 e. The van der Waals surface area contributed by atoms with Crippen molar-refractivity contribution in [2.45, 2.75) is 52.5 Å². The van der Waals surface area contributed by atoms with E-state index in [0.717, 1.165) is 31.7 Å². The summed E-state index contributed by atoms with van der Waals surface area (Å²) in [6, 6.07) is 0.837. The Morgan fingerprint density at radius 1 is 0.824 bits per heavy atom. The average molecular weight is 263 g/mol. The monoisotopic (exact) mass is 263 g/mol. The molecule has 0 atom stereocenters. The van der Waals surface area contributed by atoms with E-state index in [2.05, 4.69) is 20.8 Å². The van der Waals surface area contributed by atoms with Crippen LogP contribution in [0.3, 0.4) is 0 Å². The van der Waals surface area contributed by atoms with Crippen molar-refractivity contribution in [3.63, 3.8) is 0 Å². The van der Waals surface area contributed by atoms with Gasteiger partial charge in [-0.05, 0) is 32.2 Å². The van der Waals surface area contributed by atoms with E-state index in [9.17, 15) is 0 Å². The molecule has 0 heterocycles. The summed E-state index contributed by atoms with van der Waals surface area (Å²) in [7, 11) is -2.46. The van der Waals surface area contributed by atoms with E-state index in [-0.39, 0.29) is 0 Å². The van der Waals surface area contributed by atoms with Crippen LogP contribution in [-0.4, -0.2) is 35.2 Å². The van der Waals surface area contributed by atoms with Gasteiger partial charge in [-0.15, -0.1) is 0 Å². The van der Waals surface area contributed by atoms with Gasteiger partial charge in [0.05, 0.1) is 0 Å². The summed E-state index contributed by atoms with van der Waals surface area (Å²) in [5.74, 6) is 0. The van der Waals surface area contributed by atoms with E-state index < -0.39 is 8.80 Å². The highest BCUT2D eigenvalue weighted by Gasteiger charge is 2.40. The summed E-state index contributed by atoms with van der Waals surface area (Å²) in [4.78, 5) is 0. The zero-order valence-corrected chi connectivity index (χ0v) is 12.7. The number of hydrogen-bond donors (Lipinski definition) is 1. The van der Waals surface area contributed by atoms with Crippen molar-refractivity contribution >= 4 is 8.80 Å². The van der Waals surface area contributed by atoms with Crippen LogP contribution in [0.5, 0.6) is 0 Å². The molecule has 0 radical (unpaired) electrons. The van der Waals surface area contributed by atoms with E-state index in [1.807, 2.05) is 0 Å². The summed E-state index contributed by atoms with van der Waals surface area (Å²) in [5.41, 5.74) is 5.58. The van der Waals surface area contributed by atoms with Gasteiger partial charge in [0.25, 0.3) is 0 Å². The molecule has 0 amide bonds. The van der Waals surface area contributed by atoms with Crippen LogP contribution in [-0.2, 0) is 13.3 Å². The topological polar surface area (TPSA) is 53.7 Å². The fourth-order valence-corrected chi connectivity index (χ4v) is 4.30. The molecule has 0 saturated heterocycles. The maximum absolute atomic E-state index is 5.92. The minimum atomic E-state index is -2.46. The first kappa shape index (κ1) is 17.1. The van der Waals surface area contributed by atoms with Gasteiger partial charge >= 0.3 is 8.80 Å². The summed E-state index contributed by atoms with van der Waals surface area (Å²) in [5, 5.41) is 0. The Morgan fingerprint density at radius 3 is 1.53 bits per heavy atom. The first-order valence-corrected chi connectivity index (χ1v) is 8.79. The minimum Gasteiger partial charge on any atom is -0.373 e. The molecule has 0 saturated carbocycles. The highest BCUT2D eigenvalue weighted by molar-refractivity contribution is 6.60. The van der Waals surface area contributed by atoms with E-state index in [1.54, 1.807) is 0 Å². The Labute approximate surface area is 107 Å². The van der Waals surface area contributed by atoms with E-state index >= 15 is 0 Å². The fourth-order valence-electron chi connectivity index (χ4n) is 1.43. The number of rotatable bonds is 12. The molecule has 0 aromatic carbocycles. The molecule has 0 aromatic rings. The highest BCUT2D eigenvalue weighted by Crippen LogP contribution is 2.19.